The van der Waals surface area contributed by atoms with Crippen molar-refractivity contribution in [3.63, 3.8) is 0 Å². The first-order valence-corrected chi connectivity index (χ1v) is 7.49. The minimum atomic E-state index is -0.159. The molecule has 0 unspecified atom stereocenters. The second-order valence-electron chi connectivity index (χ2n) is 4.33. The first-order valence-electron chi connectivity index (χ1n) is 6.32. The normalized spacial score (nSPS) is 9.95. The third-order valence-corrected chi connectivity index (χ3v) is 4.14. The third-order valence-electron chi connectivity index (χ3n) is 2.93. The molecule has 0 bridgehead atoms. The number of nitrogens with zero attached hydrogens (tertiary/aromatic N) is 2. The van der Waals surface area contributed by atoms with E-state index in [1.54, 1.807) is 23.1 Å². The van der Waals surface area contributed by atoms with E-state index >= 15 is 0 Å². The zero-order valence-corrected chi connectivity index (χ0v) is 13.4. The van der Waals surface area contributed by atoms with Crippen LogP contribution in [-0.2, 0) is 0 Å². The van der Waals surface area contributed by atoms with E-state index in [0.29, 0.717) is 21.6 Å². The van der Waals surface area contributed by atoms with E-state index in [1.165, 1.54) is 0 Å². The molecule has 3 nitrogen and oxygen atoms in total. The van der Waals surface area contributed by atoms with Gasteiger partial charge in [0.15, 0.2) is 0 Å². The molecule has 0 saturated carbocycles. The molecule has 0 aliphatic heterocycles. The molecule has 0 aromatic heterocycles. The maximum atomic E-state index is 12.7. The smallest absolute Gasteiger partial charge is 0.258 e. The van der Waals surface area contributed by atoms with Crippen LogP contribution in [0, 0.1) is 11.3 Å². The molecule has 0 fully saturated rings. The number of carbonyl (C=O) groups is 1. The van der Waals surface area contributed by atoms with Gasteiger partial charge in [-0.2, -0.15) is 5.26 Å². The van der Waals surface area contributed by atoms with Crippen LogP contribution in [0.2, 0.25) is 5.02 Å². The van der Waals surface area contributed by atoms with Gasteiger partial charge in [-0.25, -0.2) is 0 Å². The minimum absolute atomic E-state index is 0.159. The first-order chi connectivity index (χ1) is 10.1. The van der Waals surface area contributed by atoms with Gasteiger partial charge in [-0.05, 0) is 46.3 Å². The lowest BCUT2D eigenvalue weighted by molar-refractivity contribution is 0.0987. The molecule has 0 saturated heterocycles. The molecule has 106 valence electrons. The highest BCUT2D eigenvalue weighted by Crippen LogP contribution is 2.25. The lowest BCUT2D eigenvalue weighted by atomic mass is 10.1. The summed E-state index contributed by atoms with van der Waals surface area (Å²) in [4.78, 5) is 14.3. The number of rotatable bonds is 4. The Bertz CT molecular complexity index is 682. The van der Waals surface area contributed by atoms with Gasteiger partial charge in [0, 0.05) is 22.3 Å². The Kier molecular flexibility index (Phi) is 5.38. The van der Waals surface area contributed by atoms with Crippen molar-refractivity contribution in [2.45, 2.75) is 6.42 Å². The fourth-order valence-electron chi connectivity index (χ4n) is 1.90. The van der Waals surface area contributed by atoms with Crippen molar-refractivity contribution in [1.29, 1.82) is 5.26 Å². The van der Waals surface area contributed by atoms with Crippen LogP contribution in [0.3, 0.4) is 0 Å². The Morgan fingerprint density at radius 2 is 1.95 bits per heavy atom. The summed E-state index contributed by atoms with van der Waals surface area (Å²) < 4.78 is 0.670. The van der Waals surface area contributed by atoms with Crippen LogP contribution in [0.5, 0.6) is 0 Å². The van der Waals surface area contributed by atoms with Crippen LogP contribution in [0.15, 0.2) is 53.0 Å². The average molecular weight is 364 g/mol. The predicted octanol–water partition coefficient (Wildman–Crippen LogP) is 4.66. The second-order valence-corrected chi connectivity index (χ2v) is 5.59. The number of hydrogen-bond acceptors (Lipinski definition) is 2. The van der Waals surface area contributed by atoms with Gasteiger partial charge in [-0.3, -0.25) is 4.79 Å². The number of halogens is 2. The number of carbonyl (C=O) groups excluding carboxylic acids is 1. The van der Waals surface area contributed by atoms with Gasteiger partial charge < -0.3 is 4.90 Å². The SMILES string of the molecule is N#CCCN(C(=O)c1ccc(Cl)c(Br)c1)c1ccccc1. The molecule has 2 rings (SSSR count). The van der Waals surface area contributed by atoms with E-state index in [0.717, 1.165) is 5.69 Å². The Hall–Kier alpha value is -1.83. The zero-order valence-electron chi connectivity index (χ0n) is 11.1. The Balaban J connectivity index is 2.34. The van der Waals surface area contributed by atoms with Gasteiger partial charge in [0.1, 0.15) is 0 Å². The van der Waals surface area contributed by atoms with Gasteiger partial charge in [-0.15, -0.1) is 0 Å². The van der Waals surface area contributed by atoms with E-state index in [9.17, 15) is 4.79 Å². The van der Waals surface area contributed by atoms with E-state index in [2.05, 4.69) is 22.0 Å². The highest BCUT2D eigenvalue weighted by molar-refractivity contribution is 9.10. The average Bonchev–Trinajstić information content (AvgIpc) is 2.51. The monoisotopic (exact) mass is 362 g/mol. The predicted molar refractivity (Wildman–Crippen MR) is 87.5 cm³/mol. The summed E-state index contributed by atoms with van der Waals surface area (Å²) in [6.07, 6.45) is 0.273. The number of hydrogen-bond donors (Lipinski definition) is 0. The summed E-state index contributed by atoms with van der Waals surface area (Å²) in [6, 6.07) is 16.4. The molecule has 0 aliphatic rings. The van der Waals surface area contributed by atoms with Gasteiger partial charge in [0.2, 0.25) is 0 Å². The largest absolute Gasteiger partial charge is 0.307 e. The maximum Gasteiger partial charge on any atom is 0.258 e. The molecule has 0 spiro atoms. The quantitative estimate of drug-likeness (QED) is 0.792. The van der Waals surface area contributed by atoms with Crippen molar-refractivity contribution in [3.05, 3.63) is 63.6 Å². The Labute approximate surface area is 136 Å². The van der Waals surface area contributed by atoms with Gasteiger partial charge in [-0.1, -0.05) is 29.8 Å². The van der Waals surface area contributed by atoms with Crippen molar-refractivity contribution in [2.75, 3.05) is 11.4 Å². The second kappa shape index (κ2) is 7.26. The molecule has 0 radical (unpaired) electrons. The van der Waals surface area contributed by atoms with Crippen LogP contribution in [0.4, 0.5) is 5.69 Å². The van der Waals surface area contributed by atoms with Gasteiger partial charge >= 0.3 is 0 Å². The number of amides is 1. The van der Waals surface area contributed by atoms with Crippen molar-refractivity contribution >= 4 is 39.1 Å². The van der Waals surface area contributed by atoms with E-state index < -0.39 is 0 Å². The van der Waals surface area contributed by atoms with Crippen molar-refractivity contribution in [1.82, 2.24) is 0 Å². The van der Waals surface area contributed by atoms with Crippen LogP contribution < -0.4 is 4.90 Å². The van der Waals surface area contributed by atoms with Gasteiger partial charge in [0.25, 0.3) is 5.91 Å². The molecular weight excluding hydrogens is 352 g/mol. The molecule has 0 heterocycles. The molecule has 2 aromatic carbocycles. The topological polar surface area (TPSA) is 44.1 Å². The van der Waals surface area contributed by atoms with Crippen molar-refractivity contribution < 1.29 is 4.79 Å². The highest BCUT2D eigenvalue weighted by Gasteiger charge is 2.18. The summed E-state index contributed by atoms with van der Waals surface area (Å²) in [5, 5.41) is 9.33. The Morgan fingerprint density at radius 1 is 1.24 bits per heavy atom. The third kappa shape index (κ3) is 3.84. The van der Waals surface area contributed by atoms with Crippen LogP contribution in [0.1, 0.15) is 16.8 Å². The van der Waals surface area contributed by atoms with E-state index in [1.807, 2.05) is 30.3 Å². The number of para-hydroxylation sites is 1. The molecule has 0 atom stereocenters. The molecule has 0 N–H and O–H groups in total. The standard InChI is InChI=1S/C16H12BrClN2O/c17-14-11-12(7-8-15(14)18)16(21)20(10-4-9-19)13-5-2-1-3-6-13/h1-3,5-8,11H,4,10H2. The molecule has 2 aromatic rings. The summed E-state index contributed by atoms with van der Waals surface area (Å²) >= 11 is 9.27. The molecule has 21 heavy (non-hydrogen) atoms. The zero-order chi connectivity index (χ0) is 15.2. The van der Waals surface area contributed by atoms with E-state index in [-0.39, 0.29) is 12.3 Å². The van der Waals surface area contributed by atoms with Crippen molar-refractivity contribution in [3.8, 4) is 6.07 Å². The summed E-state index contributed by atoms with van der Waals surface area (Å²) in [5.74, 6) is -0.159. The maximum absolute atomic E-state index is 12.7. The first kappa shape index (κ1) is 15.6. The fraction of sp³-hybridized carbons (Fsp3) is 0.125. The van der Waals surface area contributed by atoms with Crippen LogP contribution in [0.25, 0.3) is 0 Å². The van der Waals surface area contributed by atoms with Crippen molar-refractivity contribution in [2.24, 2.45) is 0 Å². The lowest BCUT2D eigenvalue weighted by Crippen LogP contribution is -2.31. The Morgan fingerprint density at radius 3 is 2.57 bits per heavy atom. The highest BCUT2D eigenvalue weighted by atomic mass is 79.9. The van der Waals surface area contributed by atoms with Gasteiger partial charge in [0.05, 0.1) is 17.5 Å². The summed E-state index contributed by atoms with van der Waals surface area (Å²) in [6.45, 7) is 0.347. The number of nitriles is 1. The molecule has 5 heteroatoms. The number of benzene rings is 2. The molecular formula is C16H12BrClN2O. The summed E-state index contributed by atoms with van der Waals surface area (Å²) in [5.41, 5.74) is 1.29. The minimum Gasteiger partial charge on any atom is -0.307 e. The lowest BCUT2D eigenvalue weighted by Gasteiger charge is -2.22. The molecule has 1 amide bonds. The number of anilines is 1. The van der Waals surface area contributed by atoms with Crippen LogP contribution in [-0.4, -0.2) is 12.5 Å². The fourth-order valence-corrected chi connectivity index (χ4v) is 2.40. The molecule has 0 aliphatic carbocycles. The van der Waals surface area contributed by atoms with E-state index in [4.69, 9.17) is 16.9 Å². The van der Waals surface area contributed by atoms with Crippen LogP contribution >= 0.6 is 27.5 Å². The summed E-state index contributed by atoms with van der Waals surface area (Å²) in [7, 11) is 0.